The molecule has 2 fully saturated rings. The highest BCUT2D eigenvalue weighted by molar-refractivity contribution is 7.91. The van der Waals surface area contributed by atoms with Crippen LogP contribution in [0.1, 0.15) is 36.8 Å². The van der Waals surface area contributed by atoms with Crippen LogP contribution in [-0.4, -0.2) is 61.1 Å². The van der Waals surface area contributed by atoms with Gasteiger partial charge in [-0.25, -0.2) is 8.42 Å². The largest absolute Gasteiger partial charge is 0.395 e. The average molecular weight is 433 g/mol. The molecule has 2 aromatic rings. The van der Waals surface area contributed by atoms with Crippen LogP contribution in [0.5, 0.6) is 0 Å². The highest BCUT2D eigenvalue weighted by atomic mass is 32.2. The van der Waals surface area contributed by atoms with E-state index in [-0.39, 0.29) is 24.6 Å². The van der Waals surface area contributed by atoms with Gasteiger partial charge in [-0.3, -0.25) is 4.90 Å². The smallest absolute Gasteiger partial charge is 0.252 e. The lowest BCUT2D eigenvalue weighted by Crippen LogP contribution is -2.67. The molecule has 1 aromatic carbocycles. The summed E-state index contributed by atoms with van der Waals surface area (Å²) in [5, 5.41) is 11.9. The van der Waals surface area contributed by atoms with E-state index >= 15 is 0 Å². The Kier molecular flexibility index (Phi) is 6.22. The van der Waals surface area contributed by atoms with E-state index in [4.69, 9.17) is 0 Å². The molecule has 29 heavy (non-hydrogen) atoms. The van der Waals surface area contributed by atoms with E-state index in [1.807, 2.05) is 18.4 Å². The van der Waals surface area contributed by atoms with Gasteiger partial charge in [-0.2, -0.15) is 4.31 Å². The average Bonchev–Trinajstić information content (AvgIpc) is 3.24. The molecule has 7 heteroatoms. The van der Waals surface area contributed by atoms with Crippen molar-refractivity contribution in [1.82, 2.24) is 9.21 Å². The van der Waals surface area contributed by atoms with E-state index in [1.54, 1.807) is 16.4 Å². The molecule has 0 aliphatic carbocycles. The highest BCUT2D eigenvalue weighted by Crippen LogP contribution is 2.42. The molecular weight excluding hydrogens is 404 g/mol. The molecule has 156 valence electrons. The van der Waals surface area contributed by atoms with Crippen molar-refractivity contribution < 1.29 is 13.5 Å². The lowest BCUT2D eigenvalue weighted by molar-refractivity contribution is -0.0553. The maximum Gasteiger partial charge on any atom is 0.252 e. The Labute approximate surface area is 177 Å². The summed E-state index contributed by atoms with van der Waals surface area (Å²) in [6.07, 6.45) is 5.86. The first-order valence-electron chi connectivity index (χ1n) is 10.2. The van der Waals surface area contributed by atoms with E-state index in [2.05, 4.69) is 35.2 Å². The topological polar surface area (TPSA) is 60.9 Å². The molecule has 0 spiro atoms. The van der Waals surface area contributed by atoms with Crippen molar-refractivity contribution in [2.24, 2.45) is 0 Å². The third kappa shape index (κ3) is 3.94. The van der Waals surface area contributed by atoms with E-state index < -0.39 is 10.0 Å². The van der Waals surface area contributed by atoms with Crippen LogP contribution in [0.3, 0.4) is 0 Å². The molecule has 3 heterocycles. The number of nitrogens with zero attached hydrogens (tertiary/aromatic N) is 2. The first-order chi connectivity index (χ1) is 14.1. The van der Waals surface area contributed by atoms with Crippen LogP contribution in [0.4, 0.5) is 0 Å². The normalized spacial score (nSPS) is 26.6. The predicted molar refractivity (Wildman–Crippen MR) is 118 cm³/mol. The Morgan fingerprint density at radius 1 is 1.17 bits per heavy atom. The van der Waals surface area contributed by atoms with Crippen molar-refractivity contribution in [2.75, 3.05) is 26.2 Å². The van der Waals surface area contributed by atoms with Gasteiger partial charge in [-0.15, -0.1) is 11.3 Å². The van der Waals surface area contributed by atoms with Crippen molar-refractivity contribution in [3.05, 3.63) is 59.0 Å². The first-order valence-corrected chi connectivity index (χ1v) is 12.5. The Balaban J connectivity index is 1.62. The van der Waals surface area contributed by atoms with Gasteiger partial charge in [0.05, 0.1) is 6.61 Å². The second-order valence-electron chi connectivity index (χ2n) is 7.75. The first kappa shape index (κ1) is 20.8. The van der Waals surface area contributed by atoms with Crippen LogP contribution in [0, 0.1) is 0 Å². The molecule has 2 aliphatic heterocycles. The summed E-state index contributed by atoms with van der Waals surface area (Å²) < 4.78 is 28.4. The number of benzene rings is 1. The molecule has 0 radical (unpaired) electrons. The second-order valence-corrected chi connectivity index (χ2v) is 10.9. The summed E-state index contributed by atoms with van der Waals surface area (Å²) in [5.41, 5.74) is 2.32. The number of aliphatic hydroxyl groups excluding tert-OH is 1. The molecule has 1 N–H and O–H groups in total. The lowest BCUT2D eigenvalue weighted by Gasteiger charge is -2.57. The molecule has 0 amide bonds. The van der Waals surface area contributed by atoms with Gasteiger partial charge in [0.1, 0.15) is 4.21 Å². The number of hydrogen-bond donors (Lipinski definition) is 1. The number of rotatable bonds is 5. The zero-order valence-corrected chi connectivity index (χ0v) is 18.3. The van der Waals surface area contributed by atoms with Gasteiger partial charge in [0.25, 0.3) is 10.0 Å². The number of aliphatic hydroxyl groups is 1. The number of allylic oxidation sites excluding steroid dienone is 1. The van der Waals surface area contributed by atoms with Crippen LogP contribution >= 0.6 is 11.3 Å². The summed E-state index contributed by atoms with van der Waals surface area (Å²) in [7, 11) is -3.47. The summed E-state index contributed by atoms with van der Waals surface area (Å²) in [5.74, 6) is 0.138. The number of hydrogen-bond acceptors (Lipinski definition) is 5. The van der Waals surface area contributed by atoms with Crippen LogP contribution in [0.25, 0.3) is 6.08 Å². The van der Waals surface area contributed by atoms with Crippen LogP contribution in [0.2, 0.25) is 0 Å². The van der Waals surface area contributed by atoms with Crippen molar-refractivity contribution in [3.8, 4) is 0 Å². The fraction of sp³-hybridized carbons (Fsp3) is 0.455. The molecule has 3 atom stereocenters. The van der Waals surface area contributed by atoms with Crippen molar-refractivity contribution >= 4 is 27.4 Å². The Bertz CT molecular complexity index is 939. The molecule has 1 aromatic heterocycles. The van der Waals surface area contributed by atoms with Gasteiger partial charge < -0.3 is 5.11 Å². The SMILES string of the molecule is C/C=C/c1ccc([C@H]2[C@H](CO)N3CCCCN(S(=O)(=O)c4cccs4)C[C@@H]23)cc1. The Morgan fingerprint density at radius 2 is 1.93 bits per heavy atom. The Hall–Kier alpha value is -1.51. The zero-order valence-electron chi connectivity index (χ0n) is 16.6. The van der Waals surface area contributed by atoms with Gasteiger partial charge in [0.2, 0.25) is 0 Å². The quantitative estimate of drug-likeness (QED) is 0.787. The third-order valence-corrected chi connectivity index (χ3v) is 9.34. The van der Waals surface area contributed by atoms with E-state index in [0.717, 1.165) is 24.9 Å². The summed E-state index contributed by atoms with van der Waals surface area (Å²) in [6.45, 7) is 4.03. The minimum absolute atomic E-state index is 0.0527. The van der Waals surface area contributed by atoms with Gasteiger partial charge in [-0.1, -0.05) is 42.5 Å². The highest BCUT2D eigenvalue weighted by Gasteiger charge is 2.50. The number of sulfonamides is 1. The van der Waals surface area contributed by atoms with Gasteiger partial charge >= 0.3 is 0 Å². The van der Waals surface area contributed by atoms with E-state index in [9.17, 15) is 13.5 Å². The fourth-order valence-corrected chi connectivity index (χ4v) is 7.33. The Morgan fingerprint density at radius 3 is 2.59 bits per heavy atom. The minimum Gasteiger partial charge on any atom is -0.395 e. The van der Waals surface area contributed by atoms with Crippen molar-refractivity contribution in [2.45, 2.75) is 42.0 Å². The number of thiophene rings is 1. The van der Waals surface area contributed by atoms with Crippen LogP contribution in [0.15, 0.2) is 52.1 Å². The number of fused-ring (bicyclic) bond motifs is 1. The van der Waals surface area contributed by atoms with Crippen LogP contribution in [-0.2, 0) is 10.0 Å². The maximum absolute atomic E-state index is 13.2. The monoisotopic (exact) mass is 432 g/mol. The third-order valence-electron chi connectivity index (χ3n) is 6.10. The maximum atomic E-state index is 13.2. The second kappa shape index (κ2) is 8.70. The molecule has 0 bridgehead atoms. The summed E-state index contributed by atoms with van der Waals surface area (Å²) in [6, 6.07) is 12.0. The molecule has 0 saturated carbocycles. The van der Waals surface area contributed by atoms with Gasteiger partial charge in [0, 0.05) is 31.1 Å². The van der Waals surface area contributed by atoms with Crippen molar-refractivity contribution in [3.63, 3.8) is 0 Å². The lowest BCUT2D eigenvalue weighted by atomic mass is 9.74. The molecule has 2 aliphatic rings. The van der Waals surface area contributed by atoms with Crippen LogP contribution < -0.4 is 0 Å². The van der Waals surface area contributed by atoms with E-state index in [0.29, 0.717) is 17.3 Å². The minimum atomic E-state index is -3.47. The van der Waals surface area contributed by atoms with E-state index in [1.165, 1.54) is 16.9 Å². The fourth-order valence-electron chi connectivity index (χ4n) is 4.69. The molecule has 2 saturated heterocycles. The van der Waals surface area contributed by atoms with Crippen molar-refractivity contribution in [1.29, 1.82) is 0 Å². The predicted octanol–water partition coefficient (Wildman–Crippen LogP) is 3.39. The molecule has 5 nitrogen and oxygen atoms in total. The standard InChI is InChI=1S/C22H28N2O3S2/c1-2-6-17-8-10-18(11-9-17)22-19-15-23(29(26,27)21-7-5-14-28-21)12-3-4-13-24(19)20(22)16-25/h2,5-11,14,19-20,22,25H,3-4,12-13,15-16H2,1H3/b6-2+/t19-,20-,22+/m0/s1. The zero-order chi connectivity index (χ0) is 20.4. The summed E-state index contributed by atoms with van der Waals surface area (Å²) in [4.78, 5) is 2.31. The van der Waals surface area contributed by atoms with Gasteiger partial charge in [0.15, 0.2) is 0 Å². The molecule has 4 rings (SSSR count). The summed E-state index contributed by atoms with van der Waals surface area (Å²) >= 11 is 1.27. The van der Waals surface area contributed by atoms with Gasteiger partial charge in [-0.05, 0) is 48.9 Å². The molecule has 0 unspecified atom stereocenters. The molecular formula is C22H28N2O3S2.